The molecule has 24 heavy (non-hydrogen) atoms. The summed E-state index contributed by atoms with van der Waals surface area (Å²) in [6.45, 7) is 1.94. The summed E-state index contributed by atoms with van der Waals surface area (Å²) in [7, 11) is -3.22. The molecular formula is C17H22F2N2O2S. The minimum atomic E-state index is -3.22. The van der Waals surface area contributed by atoms with E-state index in [-0.39, 0.29) is 24.5 Å². The van der Waals surface area contributed by atoms with E-state index in [1.807, 2.05) is 29.5 Å². The summed E-state index contributed by atoms with van der Waals surface area (Å²) < 4.78 is 52.2. The first-order valence-corrected chi connectivity index (χ1v) is 10.2. The zero-order valence-electron chi connectivity index (χ0n) is 13.9. The molecule has 0 aromatic carbocycles. The van der Waals surface area contributed by atoms with Gasteiger partial charge in [-0.3, -0.25) is 0 Å². The third-order valence-corrected chi connectivity index (χ3v) is 5.53. The van der Waals surface area contributed by atoms with Crippen LogP contribution in [0.2, 0.25) is 0 Å². The van der Waals surface area contributed by atoms with Gasteiger partial charge < -0.3 is 4.40 Å². The van der Waals surface area contributed by atoms with Gasteiger partial charge >= 0.3 is 0 Å². The summed E-state index contributed by atoms with van der Waals surface area (Å²) in [5.74, 6) is -2.53. The van der Waals surface area contributed by atoms with Crippen molar-refractivity contribution in [2.75, 3.05) is 6.26 Å². The molecule has 0 amide bonds. The summed E-state index contributed by atoms with van der Waals surface area (Å²) >= 11 is 0. The van der Waals surface area contributed by atoms with E-state index in [4.69, 9.17) is 0 Å². The summed E-state index contributed by atoms with van der Waals surface area (Å²) in [5, 5.41) is 0. The normalized spacial score (nSPS) is 19.0. The van der Waals surface area contributed by atoms with E-state index in [0.29, 0.717) is 30.6 Å². The molecule has 7 heteroatoms. The lowest BCUT2D eigenvalue weighted by Gasteiger charge is -2.28. The molecule has 132 valence electrons. The Labute approximate surface area is 140 Å². The van der Waals surface area contributed by atoms with Crippen molar-refractivity contribution in [1.82, 2.24) is 9.38 Å². The number of nitrogens with zero attached hydrogens (tertiary/aromatic N) is 2. The second-order valence-electron chi connectivity index (χ2n) is 6.94. The zero-order valence-corrected chi connectivity index (χ0v) is 14.7. The molecule has 0 saturated heterocycles. The molecule has 0 unspecified atom stereocenters. The minimum Gasteiger partial charge on any atom is -0.301 e. The van der Waals surface area contributed by atoms with Crippen LogP contribution in [0, 0.1) is 12.8 Å². The second kappa shape index (κ2) is 6.10. The van der Waals surface area contributed by atoms with Crippen molar-refractivity contribution in [3.05, 3.63) is 35.3 Å². The number of aromatic nitrogens is 2. The molecule has 0 radical (unpaired) electrons. The number of fused-ring (bicyclic) bond motifs is 1. The van der Waals surface area contributed by atoms with Crippen LogP contribution in [0.3, 0.4) is 0 Å². The number of halogens is 2. The summed E-state index contributed by atoms with van der Waals surface area (Å²) in [5.41, 5.74) is 3.08. The zero-order chi connectivity index (χ0) is 17.5. The van der Waals surface area contributed by atoms with Gasteiger partial charge in [-0.25, -0.2) is 22.2 Å². The maximum absolute atomic E-state index is 13.4. The monoisotopic (exact) mass is 356 g/mol. The van der Waals surface area contributed by atoms with Crippen molar-refractivity contribution in [1.29, 1.82) is 0 Å². The van der Waals surface area contributed by atoms with Crippen LogP contribution in [0.15, 0.2) is 18.2 Å². The molecule has 1 saturated carbocycles. The topological polar surface area (TPSA) is 51.4 Å². The fourth-order valence-electron chi connectivity index (χ4n) is 3.52. The first-order chi connectivity index (χ1) is 11.1. The van der Waals surface area contributed by atoms with Crippen LogP contribution in [0.1, 0.15) is 42.8 Å². The average molecular weight is 356 g/mol. The molecule has 2 heterocycles. The van der Waals surface area contributed by atoms with Crippen LogP contribution < -0.4 is 0 Å². The molecule has 1 fully saturated rings. The smallest absolute Gasteiger partial charge is 0.248 e. The molecule has 1 aliphatic rings. The van der Waals surface area contributed by atoms with Gasteiger partial charge in [0, 0.05) is 30.5 Å². The number of pyridine rings is 1. The van der Waals surface area contributed by atoms with Crippen molar-refractivity contribution in [2.45, 2.75) is 50.7 Å². The molecule has 2 aromatic heterocycles. The van der Waals surface area contributed by atoms with E-state index in [9.17, 15) is 17.2 Å². The van der Waals surface area contributed by atoms with E-state index in [1.165, 1.54) is 6.26 Å². The Morgan fingerprint density at radius 2 is 1.96 bits per heavy atom. The van der Waals surface area contributed by atoms with Gasteiger partial charge in [-0.15, -0.1) is 0 Å². The summed E-state index contributed by atoms with van der Waals surface area (Å²) in [6.07, 6.45) is 2.53. The van der Waals surface area contributed by atoms with E-state index in [2.05, 4.69) is 4.98 Å². The molecule has 0 aliphatic heterocycles. The van der Waals surface area contributed by atoms with Gasteiger partial charge in [-0.1, -0.05) is 6.07 Å². The van der Waals surface area contributed by atoms with Crippen LogP contribution in [0.4, 0.5) is 8.78 Å². The summed E-state index contributed by atoms with van der Waals surface area (Å²) in [4.78, 5) is 4.49. The quantitative estimate of drug-likeness (QED) is 0.842. The number of alkyl halides is 2. The highest BCUT2D eigenvalue weighted by Crippen LogP contribution is 2.38. The lowest BCUT2D eigenvalue weighted by molar-refractivity contribution is -0.0457. The van der Waals surface area contributed by atoms with E-state index in [0.717, 1.165) is 11.4 Å². The lowest BCUT2D eigenvalue weighted by Crippen LogP contribution is -2.26. The number of imidazole rings is 1. The Balaban J connectivity index is 1.97. The number of hydrogen-bond donors (Lipinski definition) is 0. The van der Waals surface area contributed by atoms with E-state index >= 15 is 0 Å². The van der Waals surface area contributed by atoms with Gasteiger partial charge in [0.2, 0.25) is 5.92 Å². The number of hydrogen-bond acceptors (Lipinski definition) is 3. The largest absolute Gasteiger partial charge is 0.301 e. The van der Waals surface area contributed by atoms with Crippen LogP contribution in [-0.2, 0) is 22.0 Å². The first kappa shape index (κ1) is 17.3. The molecule has 4 nitrogen and oxygen atoms in total. The summed E-state index contributed by atoms with van der Waals surface area (Å²) in [6, 6.07) is 5.67. The standard InChI is InChI=1S/C17H22F2N2O2S/c1-12-4-3-5-16-20-14(11-24(2,22)23)15(21(12)16)10-13-6-8-17(18,19)9-7-13/h3-5,13H,6-11H2,1-2H3. The lowest BCUT2D eigenvalue weighted by atomic mass is 9.84. The average Bonchev–Trinajstić information content (AvgIpc) is 2.78. The Morgan fingerprint density at radius 3 is 2.58 bits per heavy atom. The highest BCUT2D eigenvalue weighted by atomic mass is 32.2. The molecule has 0 atom stereocenters. The van der Waals surface area contributed by atoms with Crippen molar-refractivity contribution < 1.29 is 17.2 Å². The number of rotatable bonds is 4. The van der Waals surface area contributed by atoms with Crippen LogP contribution >= 0.6 is 0 Å². The molecule has 3 rings (SSSR count). The molecule has 0 spiro atoms. The van der Waals surface area contributed by atoms with Crippen LogP contribution in [-0.4, -0.2) is 30.0 Å². The Morgan fingerprint density at radius 1 is 1.29 bits per heavy atom. The maximum Gasteiger partial charge on any atom is 0.248 e. The fraction of sp³-hybridized carbons (Fsp3) is 0.588. The molecule has 1 aliphatic carbocycles. The van der Waals surface area contributed by atoms with Crippen molar-refractivity contribution in [3.8, 4) is 0 Å². The highest BCUT2D eigenvalue weighted by Gasteiger charge is 2.35. The van der Waals surface area contributed by atoms with Crippen LogP contribution in [0.5, 0.6) is 0 Å². The first-order valence-electron chi connectivity index (χ1n) is 8.16. The second-order valence-corrected chi connectivity index (χ2v) is 9.08. The van der Waals surface area contributed by atoms with Gasteiger partial charge in [0.1, 0.15) is 5.65 Å². The van der Waals surface area contributed by atoms with Crippen molar-refractivity contribution in [3.63, 3.8) is 0 Å². The van der Waals surface area contributed by atoms with Gasteiger partial charge in [0.25, 0.3) is 0 Å². The molecular weight excluding hydrogens is 334 g/mol. The number of aryl methyl sites for hydroxylation is 1. The van der Waals surface area contributed by atoms with Crippen molar-refractivity contribution in [2.24, 2.45) is 5.92 Å². The Hall–Kier alpha value is -1.50. The third kappa shape index (κ3) is 3.77. The third-order valence-electron chi connectivity index (χ3n) is 4.73. The minimum absolute atomic E-state index is 0.0885. The maximum atomic E-state index is 13.4. The van der Waals surface area contributed by atoms with Gasteiger partial charge in [-0.2, -0.15) is 0 Å². The van der Waals surface area contributed by atoms with Gasteiger partial charge in [0.15, 0.2) is 9.84 Å². The Bertz CT molecular complexity index is 849. The van der Waals surface area contributed by atoms with Crippen molar-refractivity contribution >= 4 is 15.5 Å². The predicted octanol–water partition coefficient (Wildman–Crippen LogP) is 3.56. The SMILES string of the molecule is Cc1cccc2nc(CS(C)(=O)=O)c(CC3CCC(F)(F)CC3)n12. The number of sulfone groups is 1. The Kier molecular flexibility index (Phi) is 4.40. The molecule has 0 bridgehead atoms. The molecule has 0 N–H and O–H groups in total. The highest BCUT2D eigenvalue weighted by molar-refractivity contribution is 7.89. The predicted molar refractivity (Wildman–Crippen MR) is 89.1 cm³/mol. The van der Waals surface area contributed by atoms with Crippen LogP contribution in [0.25, 0.3) is 5.65 Å². The van der Waals surface area contributed by atoms with E-state index in [1.54, 1.807) is 0 Å². The molecule has 2 aromatic rings. The van der Waals surface area contributed by atoms with Gasteiger partial charge in [0.05, 0.1) is 11.4 Å². The fourth-order valence-corrected chi connectivity index (χ4v) is 4.25. The van der Waals surface area contributed by atoms with E-state index < -0.39 is 15.8 Å². The van der Waals surface area contributed by atoms with Gasteiger partial charge in [-0.05, 0) is 44.2 Å².